The molecular weight excluding hydrogens is 294 g/mol. The lowest BCUT2D eigenvalue weighted by atomic mass is 10.0. The van der Waals surface area contributed by atoms with Gasteiger partial charge in [0.15, 0.2) is 5.65 Å². The van der Waals surface area contributed by atoms with Gasteiger partial charge >= 0.3 is 5.97 Å². The van der Waals surface area contributed by atoms with Gasteiger partial charge in [-0.25, -0.2) is 13.2 Å². The second-order valence-electron chi connectivity index (χ2n) is 5.09. The standard InChI is InChI=1S/C13H15N3O4S/c1-20-13(17)10-3-2-6-16-11(14-15-12(10)16)9-4-7-21(18,19)8-5-9/h2-3,6,9H,4-5,7-8H2,1H3. The molecule has 0 bridgehead atoms. The number of ether oxygens (including phenoxy) is 1. The molecule has 0 unspecified atom stereocenters. The van der Waals surface area contributed by atoms with Crippen LogP contribution in [0.3, 0.4) is 0 Å². The fourth-order valence-corrected chi connectivity index (χ4v) is 4.12. The first-order valence-corrected chi connectivity index (χ1v) is 8.46. The van der Waals surface area contributed by atoms with E-state index in [1.807, 2.05) is 0 Å². The zero-order valence-electron chi connectivity index (χ0n) is 11.5. The van der Waals surface area contributed by atoms with Crippen molar-refractivity contribution in [3.63, 3.8) is 0 Å². The summed E-state index contributed by atoms with van der Waals surface area (Å²) in [5.74, 6) is 0.611. The SMILES string of the molecule is COC(=O)c1cccn2c(C3CCS(=O)(=O)CC3)nnc12. The lowest BCUT2D eigenvalue weighted by Gasteiger charge is -2.20. The van der Waals surface area contributed by atoms with Gasteiger partial charge in [0.05, 0.1) is 18.6 Å². The molecule has 1 fully saturated rings. The Bertz CT molecular complexity index is 783. The first kappa shape index (κ1) is 14.0. The minimum atomic E-state index is -2.92. The van der Waals surface area contributed by atoms with Gasteiger partial charge in [0, 0.05) is 12.1 Å². The maximum absolute atomic E-state index is 11.7. The van der Waals surface area contributed by atoms with Crippen LogP contribution in [0.2, 0.25) is 0 Å². The van der Waals surface area contributed by atoms with E-state index in [1.54, 1.807) is 22.7 Å². The number of carbonyl (C=O) groups is 1. The Morgan fingerprint density at radius 3 is 2.71 bits per heavy atom. The van der Waals surface area contributed by atoms with Crippen LogP contribution in [0.4, 0.5) is 0 Å². The minimum absolute atomic E-state index is 0.0384. The molecule has 3 rings (SSSR count). The third-order valence-corrected chi connectivity index (χ3v) is 5.50. The molecule has 1 aliphatic rings. The Labute approximate surface area is 121 Å². The molecule has 2 aromatic rings. The molecular formula is C13H15N3O4S. The second kappa shape index (κ2) is 5.10. The smallest absolute Gasteiger partial charge is 0.341 e. The molecule has 0 radical (unpaired) electrons. The van der Waals surface area contributed by atoms with Crippen LogP contribution in [-0.4, -0.2) is 47.6 Å². The van der Waals surface area contributed by atoms with Gasteiger partial charge in [-0.05, 0) is 25.0 Å². The van der Waals surface area contributed by atoms with Crippen LogP contribution >= 0.6 is 0 Å². The van der Waals surface area contributed by atoms with Crippen LogP contribution in [0.5, 0.6) is 0 Å². The molecule has 3 heterocycles. The third kappa shape index (κ3) is 2.51. The van der Waals surface area contributed by atoms with Crippen molar-refractivity contribution in [3.05, 3.63) is 29.7 Å². The molecule has 7 nitrogen and oxygen atoms in total. The Balaban J connectivity index is 2.00. The van der Waals surface area contributed by atoms with Crippen molar-refractivity contribution in [1.29, 1.82) is 0 Å². The first-order chi connectivity index (χ1) is 10.0. The quantitative estimate of drug-likeness (QED) is 0.762. The topological polar surface area (TPSA) is 90.6 Å². The van der Waals surface area contributed by atoms with Crippen molar-refractivity contribution in [2.75, 3.05) is 18.6 Å². The molecule has 2 aromatic heterocycles. The van der Waals surface area contributed by atoms with Crippen molar-refractivity contribution in [2.24, 2.45) is 0 Å². The largest absolute Gasteiger partial charge is 0.465 e. The summed E-state index contributed by atoms with van der Waals surface area (Å²) in [7, 11) is -1.60. The summed E-state index contributed by atoms with van der Waals surface area (Å²) < 4.78 is 29.5. The molecule has 0 spiro atoms. The molecule has 8 heteroatoms. The van der Waals surface area contributed by atoms with Crippen LogP contribution in [0, 0.1) is 0 Å². The zero-order chi connectivity index (χ0) is 15.0. The normalized spacial score (nSPS) is 18.7. The van der Waals surface area contributed by atoms with Crippen molar-refractivity contribution >= 4 is 21.5 Å². The van der Waals surface area contributed by atoms with Gasteiger partial charge in [-0.15, -0.1) is 10.2 Å². The van der Waals surface area contributed by atoms with Gasteiger partial charge in [0.25, 0.3) is 0 Å². The Hall–Kier alpha value is -1.96. The molecule has 0 aliphatic carbocycles. The summed E-state index contributed by atoms with van der Waals surface area (Å²) in [4.78, 5) is 11.7. The predicted octanol–water partition coefficient (Wildman–Crippen LogP) is 0.808. The summed E-state index contributed by atoms with van der Waals surface area (Å²) in [5, 5.41) is 8.22. The van der Waals surface area contributed by atoms with Crippen LogP contribution in [0.25, 0.3) is 5.65 Å². The highest BCUT2D eigenvalue weighted by Crippen LogP contribution is 2.28. The van der Waals surface area contributed by atoms with Crippen LogP contribution in [-0.2, 0) is 14.6 Å². The number of hydrogen-bond acceptors (Lipinski definition) is 6. The summed E-state index contributed by atoms with van der Waals surface area (Å²) in [6.45, 7) is 0. The number of nitrogens with zero attached hydrogens (tertiary/aromatic N) is 3. The van der Waals surface area contributed by atoms with E-state index in [-0.39, 0.29) is 17.4 Å². The van der Waals surface area contributed by atoms with E-state index in [0.29, 0.717) is 29.9 Å². The van der Waals surface area contributed by atoms with Gasteiger partial charge in [-0.1, -0.05) is 0 Å². The summed E-state index contributed by atoms with van der Waals surface area (Å²) in [5.41, 5.74) is 0.787. The van der Waals surface area contributed by atoms with Gasteiger partial charge in [-0.3, -0.25) is 4.40 Å². The van der Waals surface area contributed by atoms with E-state index in [9.17, 15) is 13.2 Å². The monoisotopic (exact) mass is 309 g/mol. The number of sulfone groups is 1. The van der Waals surface area contributed by atoms with E-state index < -0.39 is 15.8 Å². The molecule has 21 heavy (non-hydrogen) atoms. The number of fused-ring (bicyclic) bond motifs is 1. The molecule has 0 saturated carbocycles. The molecule has 0 N–H and O–H groups in total. The molecule has 0 atom stereocenters. The first-order valence-electron chi connectivity index (χ1n) is 6.64. The molecule has 0 aromatic carbocycles. The van der Waals surface area contributed by atoms with Crippen molar-refractivity contribution in [2.45, 2.75) is 18.8 Å². The molecule has 0 amide bonds. The summed E-state index contributed by atoms with van der Waals surface area (Å²) in [6, 6.07) is 3.36. The average Bonchev–Trinajstić information content (AvgIpc) is 2.90. The van der Waals surface area contributed by atoms with Crippen molar-refractivity contribution in [3.8, 4) is 0 Å². The van der Waals surface area contributed by atoms with Gasteiger partial charge in [-0.2, -0.15) is 0 Å². The van der Waals surface area contributed by atoms with E-state index in [4.69, 9.17) is 4.74 Å². The highest BCUT2D eigenvalue weighted by atomic mass is 32.2. The number of aromatic nitrogens is 3. The average molecular weight is 309 g/mol. The van der Waals surface area contributed by atoms with E-state index >= 15 is 0 Å². The van der Waals surface area contributed by atoms with Crippen molar-refractivity contribution in [1.82, 2.24) is 14.6 Å². The van der Waals surface area contributed by atoms with Gasteiger partial charge in [0.1, 0.15) is 21.2 Å². The number of pyridine rings is 1. The van der Waals surface area contributed by atoms with Crippen LogP contribution < -0.4 is 0 Å². The minimum Gasteiger partial charge on any atom is -0.465 e. The molecule has 1 saturated heterocycles. The van der Waals surface area contributed by atoms with Crippen LogP contribution in [0.1, 0.15) is 34.9 Å². The lowest BCUT2D eigenvalue weighted by Crippen LogP contribution is -2.23. The van der Waals surface area contributed by atoms with Gasteiger partial charge < -0.3 is 4.74 Å². The predicted molar refractivity (Wildman–Crippen MR) is 75.0 cm³/mol. The summed E-state index contributed by atoms with van der Waals surface area (Å²) in [6.07, 6.45) is 2.84. The number of carbonyl (C=O) groups excluding carboxylic acids is 1. The highest BCUT2D eigenvalue weighted by molar-refractivity contribution is 7.91. The maximum atomic E-state index is 11.7. The Kier molecular flexibility index (Phi) is 3.40. The lowest BCUT2D eigenvalue weighted by molar-refractivity contribution is 0.0602. The Morgan fingerprint density at radius 1 is 1.33 bits per heavy atom. The molecule has 112 valence electrons. The number of esters is 1. The number of rotatable bonds is 2. The van der Waals surface area contributed by atoms with E-state index in [0.717, 1.165) is 0 Å². The fraction of sp³-hybridized carbons (Fsp3) is 0.462. The van der Waals surface area contributed by atoms with Crippen LogP contribution in [0.15, 0.2) is 18.3 Å². The second-order valence-corrected chi connectivity index (χ2v) is 7.39. The highest BCUT2D eigenvalue weighted by Gasteiger charge is 2.28. The molecule has 1 aliphatic heterocycles. The number of hydrogen-bond donors (Lipinski definition) is 0. The third-order valence-electron chi connectivity index (χ3n) is 3.79. The zero-order valence-corrected chi connectivity index (χ0v) is 12.3. The van der Waals surface area contributed by atoms with E-state index in [2.05, 4.69) is 10.2 Å². The fourth-order valence-electron chi connectivity index (χ4n) is 2.63. The van der Waals surface area contributed by atoms with Gasteiger partial charge in [0.2, 0.25) is 0 Å². The summed E-state index contributed by atoms with van der Waals surface area (Å²) >= 11 is 0. The maximum Gasteiger partial charge on any atom is 0.341 e. The number of methoxy groups -OCH3 is 1. The van der Waals surface area contributed by atoms with E-state index in [1.165, 1.54) is 7.11 Å². The van der Waals surface area contributed by atoms with Crippen molar-refractivity contribution < 1.29 is 17.9 Å². The Morgan fingerprint density at radius 2 is 2.05 bits per heavy atom.